The van der Waals surface area contributed by atoms with Gasteiger partial charge in [0, 0.05) is 26.1 Å². The third-order valence-corrected chi connectivity index (χ3v) is 4.24. The molecule has 2 heterocycles. The lowest BCUT2D eigenvalue weighted by Crippen LogP contribution is -2.46. The molecule has 0 aromatic carbocycles. The van der Waals surface area contributed by atoms with Gasteiger partial charge in [0.2, 0.25) is 11.8 Å². The van der Waals surface area contributed by atoms with Crippen LogP contribution in [0.2, 0.25) is 0 Å². The van der Waals surface area contributed by atoms with Crippen LogP contribution in [0.25, 0.3) is 0 Å². The summed E-state index contributed by atoms with van der Waals surface area (Å²) >= 11 is 0. The number of hydrogen-bond donors (Lipinski definition) is 1. The van der Waals surface area contributed by atoms with E-state index in [2.05, 4.69) is 15.2 Å². The number of H-pyrrole nitrogens is 1. The monoisotopic (exact) mass is 291 g/mol. The number of aromatic amines is 1. The van der Waals surface area contributed by atoms with Gasteiger partial charge in [-0.25, -0.2) is 4.98 Å². The van der Waals surface area contributed by atoms with E-state index in [1.807, 2.05) is 4.90 Å². The van der Waals surface area contributed by atoms with Gasteiger partial charge in [0.25, 0.3) is 0 Å². The molecule has 114 valence electrons. The maximum Gasteiger partial charge on any atom is 0.227 e. The highest BCUT2D eigenvalue weighted by Crippen LogP contribution is 2.32. The third kappa shape index (κ3) is 3.22. The van der Waals surface area contributed by atoms with Crippen LogP contribution in [0.3, 0.4) is 0 Å². The van der Waals surface area contributed by atoms with Gasteiger partial charge in [-0.1, -0.05) is 0 Å². The Hall–Kier alpha value is -1.92. The lowest BCUT2D eigenvalue weighted by Gasteiger charge is -2.34. The number of likely N-dealkylation sites (tertiary alicyclic amines) is 1. The van der Waals surface area contributed by atoms with Crippen LogP contribution < -0.4 is 0 Å². The molecule has 1 unspecified atom stereocenters. The molecule has 1 aromatic heterocycles. The van der Waals surface area contributed by atoms with Crippen molar-refractivity contribution in [1.82, 2.24) is 25.0 Å². The molecule has 0 spiro atoms. The van der Waals surface area contributed by atoms with Crippen LogP contribution in [0.15, 0.2) is 6.33 Å². The summed E-state index contributed by atoms with van der Waals surface area (Å²) in [5.74, 6) is 1.14. The van der Waals surface area contributed by atoms with E-state index in [0.29, 0.717) is 18.9 Å². The molecule has 0 radical (unpaired) electrons. The largest absolute Gasteiger partial charge is 0.342 e. The van der Waals surface area contributed by atoms with Gasteiger partial charge in [0.15, 0.2) is 0 Å². The van der Waals surface area contributed by atoms with Crippen LogP contribution in [-0.2, 0) is 16.1 Å². The lowest BCUT2D eigenvalue weighted by atomic mass is 9.96. The first-order valence-corrected chi connectivity index (χ1v) is 7.53. The number of carbonyl (C=O) groups excluding carboxylic acids is 2. The molecule has 1 saturated carbocycles. The van der Waals surface area contributed by atoms with E-state index in [0.717, 1.165) is 32.2 Å². The Kier molecular flexibility index (Phi) is 3.90. The van der Waals surface area contributed by atoms with E-state index in [4.69, 9.17) is 0 Å². The summed E-state index contributed by atoms with van der Waals surface area (Å²) in [6.07, 6.45) is 5.22. The highest BCUT2D eigenvalue weighted by atomic mass is 16.2. The molecule has 21 heavy (non-hydrogen) atoms. The zero-order valence-electron chi connectivity index (χ0n) is 12.3. The highest BCUT2D eigenvalue weighted by Gasteiger charge is 2.37. The van der Waals surface area contributed by atoms with Gasteiger partial charge in [0.05, 0.1) is 12.5 Å². The Labute approximate surface area is 123 Å². The van der Waals surface area contributed by atoms with Crippen LogP contribution >= 0.6 is 0 Å². The topological polar surface area (TPSA) is 82.2 Å². The number of rotatable bonds is 4. The van der Waals surface area contributed by atoms with Crippen LogP contribution in [0.5, 0.6) is 0 Å². The maximum absolute atomic E-state index is 12.5. The predicted molar refractivity (Wildman–Crippen MR) is 74.9 cm³/mol. The molecule has 7 nitrogen and oxygen atoms in total. The number of hydrogen-bond acceptors (Lipinski definition) is 4. The van der Waals surface area contributed by atoms with Gasteiger partial charge in [0.1, 0.15) is 12.2 Å². The van der Waals surface area contributed by atoms with Crippen molar-refractivity contribution in [3.05, 3.63) is 12.2 Å². The number of nitrogens with one attached hydrogen (secondary N) is 1. The van der Waals surface area contributed by atoms with Gasteiger partial charge in [-0.3, -0.25) is 14.7 Å². The van der Waals surface area contributed by atoms with Crippen molar-refractivity contribution >= 4 is 11.8 Å². The Morgan fingerprint density at radius 2 is 2.19 bits per heavy atom. The van der Waals surface area contributed by atoms with Gasteiger partial charge in [-0.2, -0.15) is 5.10 Å². The smallest absolute Gasteiger partial charge is 0.227 e. The third-order valence-electron chi connectivity index (χ3n) is 4.24. The molecule has 1 saturated heterocycles. The van der Waals surface area contributed by atoms with E-state index in [1.165, 1.54) is 6.33 Å². The van der Waals surface area contributed by atoms with Crippen molar-refractivity contribution in [2.75, 3.05) is 20.1 Å². The number of nitrogens with zero attached hydrogens (tertiary/aromatic N) is 4. The van der Waals surface area contributed by atoms with Crippen molar-refractivity contribution in [1.29, 1.82) is 0 Å². The van der Waals surface area contributed by atoms with E-state index in [1.54, 1.807) is 11.9 Å². The first-order valence-electron chi connectivity index (χ1n) is 7.53. The molecule has 7 heteroatoms. The second-order valence-corrected chi connectivity index (χ2v) is 6.02. The summed E-state index contributed by atoms with van der Waals surface area (Å²) in [7, 11) is 1.77. The molecule has 1 aliphatic heterocycles. The van der Waals surface area contributed by atoms with Crippen LogP contribution in [0.1, 0.15) is 31.5 Å². The minimum absolute atomic E-state index is 0.0831. The van der Waals surface area contributed by atoms with E-state index in [9.17, 15) is 9.59 Å². The van der Waals surface area contributed by atoms with Crippen LogP contribution in [0.4, 0.5) is 0 Å². The Balaban J connectivity index is 1.57. The zero-order chi connectivity index (χ0) is 14.8. The van der Waals surface area contributed by atoms with Gasteiger partial charge < -0.3 is 9.80 Å². The second kappa shape index (κ2) is 5.83. The standard InChI is InChI=1S/C14H21N5O2/c1-18(8-12-15-9-16-17-12)13(20)11-3-2-6-19(7-11)14(21)10-4-5-10/h9-11H,2-8H2,1H3,(H,15,16,17). The zero-order valence-corrected chi connectivity index (χ0v) is 12.3. The van der Waals surface area contributed by atoms with Crippen LogP contribution in [-0.4, -0.2) is 56.9 Å². The Morgan fingerprint density at radius 1 is 1.38 bits per heavy atom. The summed E-state index contributed by atoms with van der Waals surface area (Å²) in [5.41, 5.74) is 0. The maximum atomic E-state index is 12.5. The summed E-state index contributed by atoms with van der Waals surface area (Å²) in [6, 6.07) is 0. The molecule has 3 rings (SSSR count). The molecule has 1 N–H and O–H groups in total. The lowest BCUT2D eigenvalue weighted by molar-refractivity contribution is -0.141. The van der Waals surface area contributed by atoms with Crippen molar-refractivity contribution < 1.29 is 9.59 Å². The van der Waals surface area contributed by atoms with Crippen LogP contribution in [0, 0.1) is 11.8 Å². The molecule has 1 atom stereocenters. The summed E-state index contributed by atoms with van der Waals surface area (Å²) < 4.78 is 0. The first-order chi connectivity index (χ1) is 10.1. The molecule has 2 aliphatic rings. The summed E-state index contributed by atoms with van der Waals surface area (Å²) in [6.45, 7) is 1.78. The van der Waals surface area contributed by atoms with Crippen molar-refractivity contribution in [3.63, 3.8) is 0 Å². The Bertz CT molecular complexity index is 511. The SMILES string of the molecule is CN(Cc1ncn[nH]1)C(=O)C1CCCN(C(=O)C2CC2)C1. The van der Waals surface area contributed by atoms with Crippen molar-refractivity contribution in [2.45, 2.75) is 32.2 Å². The normalized spacial score (nSPS) is 22.1. The molecular weight excluding hydrogens is 270 g/mol. The highest BCUT2D eigenvalue weighted by molar-refractivity contribution is 5.83. The molecule has 2 amide bonds. The van der Waals surface area contributed by atoms with Gasteiger partial charge in [-0.05, 0) is 25.7 Å². The van der Waals surface area contributed by atoms with Gasteiger partial charge >= 0.3 is 0 Å². The molecule has 0 bridgehead atoms. The second-order valence-electron chi connectivity index (χ2n) is 6.02. The number of aromatic nitrogens is 3. The Morgan fingerprint density at radius 3 is 2.86 bits per heavy atom. The average molecular weight is 291 g/mol. The average Bonchev–Trinajstić information content (AvgIpc) is 3.24. The predicted octanol–water partition coefficient (Wildman–Crippen LogP) is 0.412. The van der Waals surface area contributed by atoms with Crippen molar-refractivity contribution in [2.24, 2.45) is 11.8 Å². The molecular formula is C14H21N5O2. The van der Waals surface area contributed by atoms with E-state index >= 15 is 0 Å². The first kappa shape index (κ1) is 14.0. The molecule has 1 aromatic rings. The summed E-state index contributed by atoms with van der Waals surface area (Å²) in [4.78, 5) is 32.2. The van der Waals surface area contributed by atoms with Crippen molar-refractivity contribution in [3.8, 4) is 0 Å². The number of carbonyl (C=O) groups is 2. The molecule has 1 aliphatic carbocycles. The minimum Gasteiger partial charge on any atom is -0.342 e. The number of piperidine rings is 1. The van der Waals surface area contributed by atoms with Gasteiger partial charge in [-0.15, -0.1) is 0 Å². The number of amides is 2. The fourth-order valence-corrected chi connectivity index (χ4v) is 2.89. The van der Waals surface area contributed by atoms with E-state index in [-0.39, 0.29) is 23.7 Å². The fourth-order valence-electron chi connectivity index (χ4n) is 2.89. The van der Waals surface area contributed by atoms with E-state index < -0.39 is 0 Å². The minimum atomic E-state index is -0.0885. The molecule has 2 fully saturated rings. The fraction of sp³-hybridized carbons (Fsp3) is 0.714. The quantitative estimate of drug-likeness (QED) is 0.871. The summed E-state index contributed by atoms with van der Waals surface area (Å²) in [5, 5.41) is 6.54.